The number of thioether (sulfide) groups is 1. The lowest BCUT2D eigenvalue weighted by atomic mass is 10.0. The van der Waals surface area contributed by atoms with Crippen LogP contribution in [-0.4, -0.2) is 34.9 Å². The fourth-order valence-electron chi connectivity index (χ4n) is 2.10. The molecule has 0 unspecified atom stereocenters. The molecule has 2 amide bonds. The number of carbonyl (C=O) groups excluding carboxylic acids is 2. The number of hydrogen-bond donors (Lipinski definition) is 1. The van der Waals surface area contributed by atoms with Crippen LogP contribution in [0.3, 0.4) is 0 Å². The average Bonchev–Trinajstić information content (AvgIpc) is 2.83. The molecule has 1 aliphatic rings. The highest BCUT2D eigenvalue weighted by Crippen LogP contribution is 2.20. The van der Waals surface area contributed by atoms with Gasteiger partial charge >= 0.3 is 0 Å². The molecule has 2 rings (SSSR count). The molecule has 108 valence electrons. The monoisotopic (exact) mass is 356 g/mol. The summed E-state index contributed by atoms with van der Waals surface area (Å²) in [5.74, 6) is 0.673. The van der Waals surface area contributed by atoms with Crippen molar-refractivity contribution in [2.24, 2.45) is 0 Å². The maximum atomic E-state index is 12.0. The third-order valence-corrected chi connectivity index (χ3v) is 4.62. The van der Waals surface area contributed by atoms with E-state index in [0.717, 1.165) is 22.2 Å². The quantitative estimate of drug-likeness (QED) is 0.881. The van der Waals surface area contributed by atoms with Gasteiger partial charge in [0, 0.05) is 16.8 Å². The molecule has 1 heterocycles. The van der Waals surface area contributed by atoms with Gasteiger partial charge in [-0.05, 0) is 24.1 Å². The van der Waals surface area contributed by atoms with E-state index in [-0.39, 0.29) is 23.7 Å². The number of halogens is 1. The molecule has 1 aromatic rings. The lowest BCUT2D eigenvalue weighted by molar-refractivity contribution is -0.122. The SMILES string of the molecule is CC[C@@H](NC(=O)CN1CCSC1=O)c1ccc(Br)cc1. The first-order valence-electron chi connectivity index (χ1n) is 6.56. The van der Waals surface area contributed by atoms with Crippen LogP contribution in [0.25, 0.3) is 0 Å². The van der Waals surface area contributed by atoms with E-state index in [2.05, 4.69) is 21.2 Å². The van der Waals surface area contributed by atoms with Crippen LogP contribution in [0.1, 0.15) is 24.9 Å². The van der Waals surface area contributed by atoms with E-state index >= 15 is 0 Å². The first-order valence-corrected chi connectivity index (χ1v) is 8.34. The van der Waals surface area contributed by atoms with E-state index in [1.54, 1.807) is 4.90 Å². The summed E-state index contributed by atoms with van der Waals surface area (Å²) in [6.45, 7) is 2.84. The number of carbonyl (C=O) groups is 2. The van der Waals surface area contributed by atoms with Gasteiger partial charge in [0.1, 0.15) is 6.54 Å². The summed E-state index contributed by atoms with van der Waals surface area (Å²) < 4.78 is 1.02. The van der Waals surface area contributed by atoms with Crippen LogP contribution < -0.4 is 5.32 Å². The predicted molar refractivity (Wildman–Crippen MR) is 84.7 cm³/mol. The summed E-state index contributed by atoms with van der Waals surface area (Å²) in [5, 5.41) is 2.99. The zero-order valence-corrected chi connectivity index (χ0v) is 13.7. The first-order chi connectivity index (χ1) is 9.60. The van der Waals surface area contributed by atoms with Gasteiger partial charge in [-0.3, -0.25) is 9.59 Å². The van der Waals surface area contributed by atoms with Crippen molar-refractivity contribution in [3.63, 3.8) is 0 Å². The van der Waals surface area contributed by atoms with Gasteiger partial charge in [0.2, 0.25) is 5.91 Å². The minimum atomic E-state index is -0.101. The number of amides is 2. The molecule has 20 heavy (non-hydrogen) atoms. The zero-order valence-electron chi connectivity index (χ0n) is 11.3. The van der Waals surface area contributed by atoms with Crippen LogP contribution in [0, 0.1) is 0 Å². The fraction of sp³-hybridized carbons (Fsp3) is 0.429. The van der Waals surface area contributed by atoms with E-state index in [9.17, 15) is 9.59 Å². The van der Waals surface area contributed by atoms with Gasteiger partial charge in [0.05, 0.1) is 6.04 Å². The molecule has 0 aliphatic carbocycles. The summed E-state index contributed by atoms with van der Waals surface area (Å²) in [5.41, 5.74) is 1.08. The second-order valence-corrected chi connectivity index (χ2v) is 6.58. The Kier molecular flexibility index (Phi) is 5.48. The molecule has 0 saturated carbocycles. The molecule has 0 aromatic heterocycles. The average molecular weight is 357 g/mol. The highest BCUT2D eigenvalue weighted by atomic mass is 79.9. The Morgan fingerprint density at radius 2 is 2.15 bits per heavy atom. The lowest BCUT2D eigenvalue weighted by Gasteiger charge is -2.20. The van der Waals surface area contributed by atoms with Crippen LogP contribution >= 0.6 is 27.7 Å². The molecule has 1 aliphatic heterocycles. The molecule has 0 radical (unpaired) electrons. The van der Waals surface area contributed by atoms with Gasteiger partial charge in [-0.2, -0.15) is 0 Å². The molecular formula is C14H17BrN2O2S. The summed E-state index contributed by atoms with van der Waals surface area (Å²) in [6, 6.07) is 7.90. The number of nitrogens with one attached hydrogen (secondary N) is 1. The number of rotatable bonds is 5. The molecule has 0 bridgehead atoms. The maximum Gasteiger partial charge on any atom is 0.282 e. The third-order valence-electron chi connectivity index (χ3n) is 3.20. The van der Waals surface area contributed by atoms with Crippen molar-refractivity contribution in [2.45, 2.75) is 19.4 Å². The number of benzene rings is 1. The molecule has 4 nitrogen and oxygen atoms in total. The summed E-state index contributed by atoms with van der Waals surface area (Å²) in [7, 11) is 0. The van der Waals surface area contributed by atoms with E-state index in [0.29, 0.717) is 6.54 Å². The van der Waals surface area contributed by atoms with Crippen molar-refractivity contribution in [3.8, 4) is 0 Å². The predicted octanol–water partition coefficient (Wildman–Crippen LogP) is 3.19. The van der Waals surface area contributed by atoms with Crippen LogP contribution in [0.4, 0.5) is 4.79 Å². The summed E-state index contributed by atoms with van der Waals surface area (Å²) in [6.07, 6.45) is 0.816. The summed E-state index contributed by atoms with van der Waals surface area (Å²) >= 11 is 4.67. The van der Waals surface area contributed by atoms with Crippen molar-refractivity contribution in [1.82, 2.24) is 10.2 Å². The second kappa shape index (κ2) is 7.13. The van der Waals surface area contributed by atoms with Gasteiger partial charge in [-0.1, -0.05) is 46.7 Å². The highest BCUT2D eigenvalue weighted by molar-refractivity contribution is 9.10. The molecule has 1 atom stereocenters. The van der Waals surface area contributed by atoms with Crippen molar-refractivity contribution in [2.75, 3.05) is 18.8 Å². The number of nitrogens with zero attached hydrogens (tertiary/aromatic N) is 1. The van der Waals surface area contributed by atoms with Gasteiger partial charge < -0.3 is 10.2 Å². The minimum Gasteiger partial charge on any atom is -0.348 e. The van der Waals surface area contributed by atoms with Crippen molar-refractivity contribution >= 4 is 38.8 Å². The zero-order chi connectivity index (χ0) is 14.5. The van der Waals surface area contributed by atoms with Crippen LogP contribution in [0.2, 0.25) is 0 Å². The molecule has 1 aromatic carbocycles. The van der Waals surface area contributed by atoms with E-state index in [4.69, 9.17) is 0 Å². The Balaban J connectivity index is 1.94. The van der Waals surface area contributed by atoms with E-state index in [1.807, 2.05) is 31.2 Å². The molecule has 1 N–H and O–H groups in total. The van der Waals surface area contributed by atoms with Crippen LogP contribution in [-0.2, 0) is 4.79 Å². The van der Waals surface area contributed by atoms with Crippen molar-refractivity contribution in [1.29, 1.82) is 0 Å². The Hall–Kier alpha value is -1.01. The number of hydrogen-bond acceptors (Lipinski definition) is 3. The molecular weight excluding hydrogens is 340 g/mol. The van der Waals surface area contributed by atoms with Gasteiger partial charge in [0.25, 0.3) is 5.24 Å². The third kappa shape index (κ3) is 3.99. The first kappa shape index (κ1) is 15.4. The Labute approximate surface area is 131 Å². The van der Waals surface area contributed by atoms with Crippen molar-refractivity contribution < 1.29 is 9.59 Å². The second-order valence-electron chi connectivity index (χ2n) is 4.62. The van der Waals surface area contributed by atoms with E-state index in [1.165, 1.54) is 11.8 Å². The van der Waals surface area contributed by atoms with Gasteiger partial charge in [0.15, 0.2) is 0 Å². The molecule has 1 fully saturated rings. The standard InChI is InChI=1S/C14H17BrN2O2S/c1-2-12(10-3-5-11(15)6-4-10)16-13(18)9-17-7-8-20-14(17)19/h3-6,12H,2,7-9H2,1H3,(H,16,18)/t12-/m1/s1. The van der Waals surface area contributed by atoms with Crippen molar-refractivity contribution in [3.05, 3.63) is 34.3 Å². The summed E-state index contributed by atoms with van der Waals surface area (Å²) in [4.78, 5) is 25.1. The normalized spacial score (nSPS) is 16.3. The lowest BCUT2D eigenvalue weighted by Crippen LogP contribution is -2.38. The van der Waals surface area contributed by atoms with Crippen LogP contribution in [0.5, 0.6) is 0 Å². The molecule has 1 saturated heterocycles. The Morgan fingerprint density at radius 1 is 1.45 bits per heavy atom. The topological polar surface area (TPSA) is 49.4 Å². The van der Waals surface area contributed by atoms with E-state index < -0.39 is 0 Å². The largest absolute Gasteiger partial charge is 0.348 e. The maximum absolute atomic E-state index is 12.0. The fourth-order valence-corrected chi connectivity index (χ4v) is 3.19. The Morgan fingerprint density at radius 3 is 2.70 bits per heavy atom. The minimum absolute atomic E-state index is 0.00293. The Bertz CT molecular complexity index is 492. The molecule has 6 heteroatoms. The van der Waals surface area contributed by atoms with Crippen LogP contribution in [0.15, 0.2) is 28.7 Å². The highest BCUT2D eigenvalue weighted by Gasteiger charge is 2.24. The smallest absolute Gasteiger partial charge is 0.282 e. The van der Waals surface area contributed by atoms with Gasteiger partial charge in [-0.15, -0.1) is 0 Å². The molecule has 0 spiro atoms. The van der Waals surface area contributed by atoms with Gasteiger partial charge in [-0.25, -0.2) is 0 Å².